The number of carbonyl (C=O) groups is 1. The quantitative estimate of drug-likeness (QED) is 0.713. The van der Waals surface area contributed by atoms with Crippen molar-refractivity contribution in [3.63, 3.8) is 0 Å². The fourth-order valence-corrected chi connectivity index (χ4v) is 2.59. The lowest BCUT2D eigenvalue weighted by Gasteiger charge is -2.09. The van der Waals surface area contributed by atoms with Crippen LogP contribution in [0.3, 0.4) is 0 Å². The number of benzene rings is 1. The van der Waals surface area contributed by atoms with Crippen LogP contribution in [0, 0.1) is 13.8 Å². The fraction of sp³-hybridized carbons (Fsp3) is 0.211. The molecule has 3 aromatic rings. The number of rotatable bonds is 5. The first-order valence-corrected chi connectivity index (χ1v) is 8.33. The number of hydrogen-bond donors (Lipinski definition) is 1. The molecule has 1 amide bonds. The monoisotopic (exact) mass is 390 g/mol. The summed E-state index contributed by atoms with van der Waals surface area (Å²) in [6.45, 7) is 2.16. The summed E-state index contributed by atoms with van der Waals surface area (Å²) in [6.07, 6.45) is -3.29. The van der Waals surface area contributed by atoms with E-state index in [2.05, 4.69) is 20.1 Å². The Morgan fingerprint density at radius 3 is 2.46 bits per heavy atom. The molecule has 1 aromatic carbocycles. The summed E-state index contributed by atoms with van der Waals surface area (Å²) in [4.78, 5) is 16.2. The van der Waals surface area contributed by atoms with Gasteiger partial charge in [-0.1, -0.05) is 18.2 Å². The predicted octanol–water partition coefficient (Wildman–Crippen LogP) is 4.08. The van der Waals surface area contributed by atoms with E-state index in [0.717, 1.165) is 17.6 Å². The zero-order valence-electron chi connectivity index (χ0n) is 15.1. The summed E-state index contributed by atoms with van der Waals surface area (Å²) in [5.41, 5.74) is 2.98. The van der Waals surface area contributed by atoms with Crippen molar-refractivity contribution in [2.45, 2.75) is 20.0 Å². The van der Waals surface area contributed by atoms with Crippen molar-refractivity contribution in [3.05, 3.63) is 65.6 Å². The van der Waals surface area contributed by atoms with E-state index in [1.165, 1.54) is 12.1 Å². The highest BCUT2D eigenvalue weighted by molar-refractivity contribution is 6.04. The maximum absolute atomic E-state index is 12.5. The molecule has 2 aromatic heterocycles. The summed E-state index contributed by atoms with van der Waals surface area (Å²) < 4.78 is 42.8. The average molecular weight is 390 g/mol. The highest BCUT2D eigenvalue weighted by atomic mass is 19.4. The molecule has 0 aliphatic carbocycles. The van der Waals surface area contributed by atoms with Gasteiger partial charge in [-0.05, 0) is 32.0 Å². The van der Waals surface area contributed by atoms with Gasteiger partial charge in [0.15, 0.2) is 6.61 Å². The number of carbonyl (C=O) groups excluding carboxylic acids is 1. The van der Waals surface area contributed by atoms with Gasteiger partial charge in [-0.15, -0.1) is 0 Å². The minimum absolute atomic E-state index is 0.186. The summed E-state index contributed by atoms with van der Waals surface area (Å²) in [5, 5.41) is 7.23. The molecule has 0 bridgehead atoms. The van der Waals surface area contributed by atoms with Crippen LogP contribution in [0.5, 0.6) is 5.88 Å². The topological polar surface area (TPSA) is 69.0 Å². The van der Waals surface area contributed by atoms with Crippen molar-refractivity contribution in [1.29, 1.82) is 0 Å². The lowest BCUT2D eigenvalue weighted by molar-refractivity contribution is -0.154. The molecular formula is C19H17F3N4O2. The molecule has 3 rings (SSSR count). The molecule has 146 valence electrons. The van der Waals surface area contributed by atoms with Gasteiger partial charge in [-0.25, -0.2) is 9.67 Å². The smallest absolute Gasteiger partial charge is 0.422 e. The molecule has 0 saturated carbocycles. The summed E-state index contributed by atoms with van der Waals surface area (Å²) in [5.74, 6) is -0.660. The normalized spacial score (nSPS) is 11.3. The lowest BCUT2D eigenvalue weighted by Crippen LogP contribution is -2.20. The number of aromatic nitrogens is 3. The molecule has 0 atom stereocenters. The molecular weight excluding hydrogens is 373 g/mol. The zero-order valence-corrected chi connectivity index (χ0v) is 15.1. The number of halogens is 3. The highest BCUT2D eigenvalue weighted by Crippen LogP contribution is 2.23. The molecule has 6 nitrogen and oxygen atoms in total. The number of ether oxygens (including phenoxy) is 1. The molecule has 0 unspecified atom stereocenters. The number of anilines is 1. The Labute approximate surface area is 159 Å². The van der Waals surface area contributed by atoms with Crippen LogP contribution < -0.4 is 10.1 Å². The van der Waals surface area contributed by atoms with Crippen molar-refractivity contribution in [3.8, 4) is 11.6 Å². The van der Waals surface area contributed by atoms with Crippen LogP contribution in [-0.2, 0) is 0 Å². The first-order valence-electron chi connectivity index (χ1n) is 8.33. The van der Waals surface area contributed by atoms with Gasteiger partial charge in [0.25, 0.3) is 5.91 Å². The number of pyridine rings is 1. The largest absolute Gasteiger partial charge is 0.468 e. The molecule has 0 aliphatic rings. The molecule has 0 fully saturated rings. The Bertz CT molecular complexity index is 967. The minimum Gasteiger partial charge on any atom is -0.468 e. The number of nitrogens with one attached hydrogen (secondary N) is 1. The van der Waals surface area contributed by atoms with Gasteiger partial charge in [0, 0.05) is 12.3 Å². The van der Waals surface area contributed by atoms with Crippen molar-refractivity contribution in [1.82, 2.24) is 14.8 Å². The molecule has 2 heterocycles. The van der Waals surface area contributed by atoms with Gasteiger partial charge in [0.05, 0.1) is 28.3 Å². The Hall–Kier alpha value is -3.36. The Morgan fingerprint density at radius 2 is 1.86 bits per heavy atom. The van der Waals surface area contributed by atoms with Crippen LogP contribution in [-0.4, -0.2) is 33.5 Å². The van der Waals surface area contributed by atoms with Gasteiger partial charge in [-0.2, -0.15) is 18.3 Å². The van der Waals surface area contributed by atoms with Crippen molar-refractivity contribution >= 4 is 11.6 Å². The SMILES string of the molecule is Cc1nn(-c2ccccc2)c(C)c1NC(=O)c1ccc(OCC(F)(F)F)nc1. The average Bonchev–Trinajstić information content (AvgIpc) is 2.95. The summed E-state index contributed by atoms with van der Waals surface area (Å²) >= 11 is 0. The van der Waals surface area contributed by atoms with Crippen LogP contribution in [0.15, 0.2) is 48.7 Å². The van der Waals surface area contributed by atoms with Gasteiger partial charge in [-0.3, -0.25) is 4.79 Å². The maximum Gasteiger partial charge on any atom is 0.422 e. The lowest BCUT2D eigenvalue weighted by atomic mass is 10.2. The first-order chi connectivity index (χ1) is 13.2. The van der Waals surface area contributed by atoms with E-state index < -0.39 is 18.7 Å². The van der Waals surface area contributed by atoms with Gasteiger partial charge >= 0.3 is 6.18 Å². The number of aryl methyl sites for hydroxylation is 1. The third-order valence-electron chi connectivity index (χ3n) is 3.91. The maximum atomic E-state index is 12.5. The standard InChI is InChI=1S/C19H17F3N4O2/c1-12-17(13(2)26(25-12)15-6-4-3-5-7-15)24-18(27)14-8-9-16(23-10-14)28-11-19(20,21)22/h3-10H,11H2,1-2H3,(H,24,27). The Kier molecular flexibility index (Phi) is 5.34. The molecule has 28 heavy (non-hydrogen) atoms. The number of nitrogens with zero attached hydrogens (tertiary/aromatic N) is 3. The Morgan fingerprint density at radius 1 is 1.14 bits per heavy atom. The van der Waals surface area contributed by atoms with E-state index in [0.29, 0.717) is 11.4 Å². The van der Waals surface area contributed by atoms with Gasteiger partial charge < -0.3 is 10.1 Å². The number of alkyl halides is 3. The molecule has 1 N–H and O–H groups in total. The highest BCUT2D eigenvalue weighted by Gasteiger charge is 2.28. The van der Waals surface area contributed by atoms with Crippen molar-refractivity contribution < 1.29 is 22.7 Å². The van der Waals surface area contributed by atoms with Crippen molar-refractivity contribution in [2.24, 2.45) is 0 Å². The van der Waals surface area contributed by atoms with Crippen molar-refractivity contribution in [2.75, 3.05) is 11.9 Å². The third kappa shape index (κ3) is 4.48. The minimum atomic E-state index is -4.45. The number of para-hydroxylation sites is 1. The summed E-state index contributed by atoms with van der Waals surface area (Å²) in [6, 6.07) is 12.0. The van der Waals surface area contributed by atoms with Crippen LogP contribution in [0.25, 0.3) is 5.69 Å². The van der Waals surface area contributed by atoms with Crippen LogP contribution in [0.4, 0.5) is 18.9 Å². The molecule has 0 aliphatic heterocycles. The van der Waals surface area contributed by atoms with E-state index in [1.54, 1.807) is 11.6 Å². The van der Waals surface area contributed by atoms with E-state index in [-0.39, 0.29) is 11.4 Å². The van der Waals surface area contributed by atoms with E-state index in [4.69, 9.17) is 0 Å². The predicted molar refractivity (Wildman–Crippen MR) is 96.8 cm³/mol. The third-order valence-corrected chi connectivity index (χ3v) is 3.91. The number of hydrogen-bond acceptors (Lipinski definition) is 4. The van der Waals surface area contributed by atoms with Gasteiger partial charge in [0.2, 0.25) is 5.88 Å². The second-order valence-electron chi connectivity index (χ2n) is 6.04. The molecule has 0 spiro atoms. The second-order valence-corrected chi connectivity index (χ2v) is 6.04. The van der Waals surface area contributed by atoms with Gasteiger partial charge in [0.1, 0.15) is 0 Å². The van der Waals surface area contributed by atoms with E-state index >= 15 is 0 Å². The Balaban J connectivity index is 1.74. The molecule has 0 saturated heterocycles. The van der Waals surface area contributed by atoms with E-state index in [1.807, 2.05) is 37.3 Å². The van der Waals surface area contributed by atoms with Crippen LogP contribution in [0.2, 0.25) is 0 Å². The number of amides is 1. The van der Waals surface area contributed by atoms with Crippen LogP contribution >= 0.6 is 0 Å². The first kappa shape index (κ1) is 19.4. The molecule has 0 radical (unpaired) electrons. The van der Waals surface area contributed by atoms with E-state index in [9.17, 15) is 18.0 Å². The molecule has 9 heteroatoms. The fourth-order valence-electron chi connectivity index (χ4n) is 2.59. The zero-order chi connectivity index (χ0) is 20.3. The summed E-state index contributed by atoms with van der Waals surface area (Å²) in [7, 11) is 0. The van der Waals surface area contributed by atoms with Crippen LogP contribution in [0.1, 0.15) is 21.7 Å². The second kappa shape index (κ2) is 7.71.